The molecule has 2 aromatic carbocycles. The van der Waals surface area contributed by atoms with Crippen molar-refractivity contribution in [1.29, 1.82) is 0 Å². The number of sulfonamides is 1. The normalized spacial score (nSPS) is 18.3. The van der Waals surface area contributed by atoms with Crippen LogP contribution < -0.4 is 0 Å². The monoisotopic (exact) mass is 486 g/mol. The number of rotatable bonds is 6. The van der Waals surface area contributed by atoms with E-state index in [4.69, 9.17) is 9.47 Å². The molecule has 2 saturated heterocycles. The molecule has 9 heteroatoms. The maximum absolute atomic E-state index is 13.2. The minimum absolute atomic E-state index is 0.0943. The first-order chi connectivity index (χ1) is 16.4. The molecule has 34 heavy (non-hydrogen) atoms. The molecular formula is C25H30N2O6S. The molecule has 0 aliphatic carbocycles. The fourth-order valence-corrected chi connectivity index (χ4v) is 6.03. The highest BCUT2D eigenvalue weighted by atomic mass is 32.2. The van der Waals surface area contributed by atoms with E-state index >= 15 is 0 Å². The van der Waals surface area contributed by atoms with Crippen LogP contribution in [0.5, 0.6) is 0 Å². The minimum Gasteiger partial charge on any atom is -0.444 e. The van der Waals surface area contributed by atoms with E-state index in [1.807, 2.05) is 6.07 Å². The highest BCUT2D eigenvalue weighted by molar-refractivity contribution is 7.89. The number of morpholine rings is 1. The van der Waals surface area contributed by atoms with Crippen LogP contribution in [-0.4, -0.2) is 68.9 Å². The molecule has 0 bridgehead atoms. The molecule has 2 aromatic rings. The molecule has 4 rings (SSSR count). The number of esters is 1. The zero-order valence-corrected chi connectivity index (χ0v) is 20.1. The number of hydrogen-bond acceptors (Lipinski definition) is 6. The summed E-state index contributed by atoms with van der Waals surface area (Å²) in [7, 11) is -3.73. The Morgan fingerprint density at radius 3 is 2.29 bits per heavy atom. The maximum atomic E-state index is 13.2. The number of hydrogen-bond donors (Lipinski definition) is 0. The van der Waals surface area contributed by atoms with Crippen molar-refractivity contribution >= 4 is 21.9 Å². The van der Waals surface area contributed by atoms with Crippen molar-refractivity contribution in [1.82, 2.24) is 9.21 Å². The van der Waals surface area contributed by atoms with Crippen molar-refractivity contribution in [3.8, 4) is 0 Å². The Morgan fingerprint density at radius 1 is 0.941 bits per heavy atom. The highest BCUT2D eigenvalue weighted by Gasteiger charge is 2.32. The molecule has 2 heterocycles. The predicted octanol–water partition coefficient (Wildman–Crippen LogP) is 2.93. The lowest BCUT2D eigenvalue weighted by atomic mass is 10.1. The summed E-state index contributed by atoms with van der Waals surface area (Å²) in [6, 6.07) is 13.3. The third kappa shape index (κ3) is 5.32. The summed E-state index contributed by atoms with van der Waals surface area (Å²) in [5.41, 5.74) is 1.21. The smallest absolute Gasteiger partial charge is 0.339 e. The first-order valence-corrected chi connectivity index (χ1v) is 13.1. The molecular weight excluding hydrogens is 456 g/mol. The number of piperidine rings is 1. The Kier molecular flexibility index (Phi) is 7.65. The lowest BCUT2D eigenvalue weighted by Crippen LogP contribution is -2.44. The second-order valence-electron chi connectivity index (χ2n) is 8.58. The van der Waals surface area contributed by atoms with Gasteiger partial charge in [-0.05, 0) is 37.5 Å². The van der Waals surface area contributed by atoms with E-state index < -0.39 is 22.1 Å². The first-order valence-electron chi connectivity index (χ1n) is 11.6. The Balaban J connectivity index is 1.60. The van der Waals surface area contributed by atoms with Crippen LogP contribution in [0.1, 0.15) is 46.9 Å². The van der Waals surface area contributed by atoms with Gasteiger partial charge in [0.25, 0.3) is 5.91 Å². The standard InChI is InChI=1S/C25H30N2O6S/c1-19-10-11-21(18-22(19)34(30,31)27-12-6-3-7-13-27)25(29)33-23(20-8-4-2-5-9-20)24(28)26-14-16-32-17-15-26/h2,4-5,8-11,18,23H,3,6-7,12-17H2,1H3. The van der Waals surface area contributed by atoms with Crippen LogP contribution in [0.4, 0.5) is 0 Å². The van der Waals surface area contributed by atoms with Crippen molar-refractivity contribution < 1.29 is 27.5 Å². The molecule has 2 fully saturated rings. The summed E-state index contributed by atoms with van der Waals surface area (Å²) in [6.45, 7) is 4.35. The van der Waals surface area contributed by atoms with Crippen molar-refractivity contribution in [3.05, 3.63) is 65.2 Å². The van der Waals surface area contributed by atoms with Gasteiger partial charge in [-0.2, -0.15) is 4.31 Å². The predicted molar refractivity (Wildman–Crippen MR) is 126 cm³/mol. The lowest BCUT2D eigenvalue weighted by Gasteiger charge is -2.30. The Hall–Kier alpha value is -2.75. The van der Waals surface area contributed by atoms with E-state index in [9.17, 15) is 18.0 Å². The second kappa shape index (κ2) is 10.7. The van der Waals surface area contributed by atoms with Gasteiger partial charge in [0.05, 0.1) is 23.7 Å². The van der Waals surface area contributed by atoms with Crippen molar-refractivity contribution in [2.75, 3.05) is 39.4 Å². The fourth-order valence-electron chi connectivity index (χ4n) is 4.26. The summed E-state index contributed by atoms with van der Waals surface area (Å²) in [5, 5.41) is 0. The van der Waals surface area contributed by atoms with E-state index in [1.54, 1.807) is 42.2 Å². The van der Waals surface area contributed by atoms with Gasteiger partial charge >= 0.3 is 5.97 Å². The van der Waals surface area contributed by atoms with Crippen LogP contribution in [0, 0.1) is 6.92 Å². The molecule has 0 spiro atoms. The first kappa shape index (κ1) is 24.4. The third-order valence-corrected chi connectivity index (χ3v) is 8.27. The number of benzene rings is 2. The van der Waals surface area contributed by atoms with Gasteiger partial charge in [-0.15, -0.1) is 0 Å². The molecule has 0 N–H and O–H groups in total. The van der Waals surface area contributed by atoms with Crippen LogP contribution in [0.15, 0.2) is 53.4 Å². The fraction of sp³-hybridized carbons (Fsp3) is 0.440. The molecule has 0 aromatic heterocycles. The number of carbonyl (C=O) groups is 2. The topological polar surface area (TPSA) is 93.2 Å². The molecule has 1 amide bonds. The van der Waals surface area contributed by atoms with Gasteiger partial charge in [0.2, 0.25) is 16.1 Å². The Morgan fingerprint density at radius 2 is 1.62 bits per heavy atom. The minimum atomic E-state index is -3.73. The highest BCUT2D eigenvalue weighted by Crippen LogP contribution is 2.27. The Bertz CT molecular complexity index is 1120. The van der Waals surface area contributed by atoms with Gasteiger partial charge in [-0.3, -0.25) is 4.79 Å². The van der Waals surface area contributed by atoms with E-state index in [2.05, 4.69) is 0 Å². The summed E-state index contributed by atoms with van der Waals surface area (Å²) in [5.74, 6) is -1.07. The van der Waals surface area contributed by atoms with Gasteiger partial charge in [0.1, 0.15) is 0 Å². The molecule has 1 atom stereocenters. The van der Waals surface area contributed by atoms with Crippen molar-refractivity contribution in [2.45, 2.75) is 37.2 Å². The average molecular weight is 487 g/mol. The Labute approximate surface area is 200 Å². The summed E-state index contributed by atoms with van der Waals surface area (Å²) in [6.07, 6.45) is 1.52. The molecule has 2 aliphatic heterocycles. The summed E-state index contributed by atoms with van der Waals surface area (Å²) in [4.78, 5) is 28.1. The maximum Gasteiger partial charge on any atom is 0.339 e. The van der Waals surface area contributed by atoms with Crippen LogP contribution in [0.2, 0.25) is 0 Å². The van der Waals surface area contributed by atoms with Crippen LogP contribution >= 0.6 is 0 Å². The third-order valence-electron chi connectivity index (χ3n) is 6.23. The molecule has 0 radical (unpaired) electrons. The van der Waals surface area contributed by atoms with Gasteiger partial charge in [-0.1, -0.05) is 42.8 Å². The SMILES string of the molecule is Cc1ccc(C(=O)OC(C(=O)N2CCOCC2)c2ccccc2)cc1S(=O)(=O)N1CCCCC1. The van der Waals surface area contributed by atoms with E-state index in [-0.39, 0.29) is 16.4 Å². The van der Waals surface area contributed by atoms with Gasteiger partial charge in [0, 0.05) is 31.7 Å². The van der Waals surface area contributed by atoms with Gasteiger partial charge in [-0.25, -0.2) is 13.2 Å². The van der Waals surface area contributed by atoms with E-state index in [0.29, 0.717) is 50.5 Å². The number of amides is 1. The van der Waals surface area contributed by atoms with Gasteiger partial charge in [0.15, 0.2) is 0 Å². The number of carbonyl (C=O) groups excluding carboxylic acids is 2. The van der Waals surface area contributed by atoms with E-state index in [1.165, 1.54) is 16.4 Å². The van der Waals surface area contributed by atoms with Gasteiger partial charge < -0.3 is 14.4 Å². The molecule has 2 aliphatic rings. The van der Waals surface area contributed by atoms with Crippen LogP contribution in [0.25, 0.3) is 0 Å². The summed E-state index contributed by atoms with van der Waals surface area (Å²) >= 11 is 0. The molecule has 182 valence electrons. The lowest BCUT2D eigenvalue weighted by molar-refractivity contribution is -0.145. The van der Waals surface area contributed by atoms with E-state index in [0.717, 1.165) is 19.3 Å². The second-order valence-corrected chi connectivity index (χ2v) is 10.5. The van der Waals surface area contributed by atoms with Crippen LogP contribution in [-0.2, 0) is 24.3 Å². The molecule has 0 saturated carbocycles. The zero-order valence-electron chi connectivity index (χ0n) is 19.3. The zero-order chi connectivity index (χ0) is 24.1. The van der Waals surface area contributed by atoms with Crippen molar-refractivity contribution in [2.24, 2.45) is 0 Å². The quantitative estimate of drug-likeness (QED) is 0.583. The number of nitrogens with zero attached hydrogens (tertiary/aromatic N) is 2. The van der Waals surface area contributed by atoms with Crippen LogP contribution in [0.3, 0.4) is 0 Å². The molecule has 1 unspecified atom stereocenters. The molecule has 8 nitrogen and oxygen atoms in total. The largest absolute Gasteiger partial charge is 0.444 e. The summed E-state index contributed by atoms with van der Waals surface area (Å²) < 4.78 is 39.0. The average Bonchev–Trinajstić information content (AvgIpc) is 2.88. The number of ether oxygens (including phenoxy) is 2. The number of aryl methyl sites for hydroxylation is 1. The van der Waals surface area contributed by atoms with Crippen molar-refractivity contribution in [3.63, 3.8) is 0 Å².